The second-order valence-electron chi connectivity index (χ2n) is 8.87. The highest BCUT2D eigenvalue weighted by Gasteiger charge is 2.49. The third kappa shape index (κ3) is 7.17. The number of rotatable bonds is 11. The lowest BCUT2D eigenvalue weighted by Gasteiger charge is -2.42. The van der Waals surface area contributed by atoms with Crippen LogP contribution in [0.4, 0.5) is 5.82 Å². The molecule has 0 radical (unpaired) electrons. The second kappa shape index (κ2) is 11.3. The van der Waals surface area contributed by atoms with Crippen molar-refractivity contribution >= 4 is 32.6 Å². The van der Waals surface area contributed by atoms with E-state index in [0.717, 1.165) is 5.56 Å². The summed E-state index contributed by atoms with van der Waals surface area (Å²) in [6.45, 7) is 0. The molecule has 16 heteroatoms. The molecule has 0 spiro atoms. The van der Waals surface area contributed by atoms with Crippen molar-refractivity contribution in [2.24, 2.45) is 0 Å². The minimum atomic E-state index is -4.96. The molecular formula is C26H18N3O11S2-3. The van der Waals surface area contributed by atoms with E-state index in [-0.39, 0.29) is 30.2 Å². The predicted molar refractivity (Wildman–Crippen MR) is 140 cm³/mol. The zero-order valence-corrected chi connectivity index (χ0v) is 22.8. The van der Waals surface area contributed by atoms with E-state index in [1.165, 1.54) is 54.7 Å². The van der Waals surface area contributed by atoms with E-state index in [0.29, 0.717) is 22.5 Å². The molecule has 3 aromatic carbocycles. The van der Waals surface area contributed by atoms with Crippen LogP contribution in [0, 0.1) is 0 Å². The standard InChI is InChI=1S/C26H20N3O11S2/c30-25-26(40-37-25,15-18-6-10-20(11-7-18)38-41(31,32)33)29-24-22(14-17-4-2-1-3-5-17)28-23(16-27-24)19-8-12-21(13-9-19)39-42(34,35)36/h1-13,16H,14-15H2,(H2-,27,29,31,32,33,34,35,36)/q-1/p-2. The van der Waals surface area contributed by atoms with Crippen LogP contribution in [0.15, 0.2) is 85.1 Å². The molecule has 4 aromatic rings. The highest BCUT2D eigenvalue weighted by molar-refractivity contribution is 7.81. The van der Waals surface area contributed by atoms with Gasteiger partial charge in [-0.1, -0.05) is 48.7 Å². The molecule has 1 aliphatic heterocycles. The molecule has 5 rings (SSSR count). The zero-order valence-electron chi connectivity index (χ0n) is 21.1. The maximum Gasteiger partial charge on any atom is 0.378 e. The molecule has 1 atom stereocenters. The van der Waals surface area contributed by atoms with Gasteiger partial charge in [0.2, 0.25) is 5.72 Å². The van der Waals surface area contributed by atoms with E-state index in [1.54, 1.807) is 0 Å². The van der Waals surface area contributed by atoms with Crippen LogP contribution in [0.5, 0.6) is 11.5 Å². The van der Waals surface area contributed by atoms with Gasteiger partial charge in [-0.2, -0.15) is 4.89 Å². The average molecular weight is 613 g/mol. The first-order chi connectivity index (χ1) is 19.9. The molecule has 0 N–H and O–H groups in total. The van der Waals surface area contributed by atoms with Gasteiger partial charge in [0.1, 0.15) is 11.5 Å². The number of hydrogen-bond donors (Lipinski definition) is 0. The van der Waals surface area contributed by atoms with Crippen molar-refractivity contribution in [2.75, 3.05) is 0 Å². The Kier molecular flexibility index (Phi) is 7.81. The Labute approximate surface area is 239 Å². The third-order valence-corrected chi connectivity index (χ3v) is 6.60. The van der Waals surface area contributed by atoms with Crippen molar-refractivity contribution in [1.29, 1.82) is 0 Å². The van der Waals surface area contributed by atoms with Gasteiger partial charge in [-0.15, -0.1) is 0 Å². The fraction of sp³-hybridized carbons (Fsp3) is 0.115. The van der Waals surface area contributed by atoms with Crippen LogP contribution < -0.4 is 8.37 Å². The van der Waals surface area contributed by atoms with Crippen molar-refractivity contribution in [3.63, 3.8) is 0 Å². The molecule has 0 aliphatic carbocycles. The molecule has 42 heavy (non-hydrogen) atoms. The number of nitrogens with zero attached hydrogens (tertiary/aromatic N) is 3. The Hall–Kier alpha value is -4.61. The molecule has 2 heterocycles. The summed E-state index contributed by atoms with van der Waals surface area (Å²) in [4.78, 5) is 31.4. The van der Waals surface area contributed by atoms with Gasteiger partial charge in [-0.05, 0) is 53.3 Å². The summed E-state index contributed by atoms with van der Waals surface area (Å²) in [5, 5.41) is 4.47. The molecule has 0 amide bonds. The SMILES string of the molecule is O=C1OOC1(Cc1ccc(OS(=O)(=O)[O-])cc1)[N-]c1ncc(-c2ccc(OS(=O)(=O)[O-])cc2)nc1Cc1ccccc1. The smallest absolute Gasteiger partial charge is 0.378 e. The van der Waals surface area contributed by atoms with Crippen molar-refractivity contribution in [3.8, 4) is 22.8 Å². The topological polar surface area (TPSA) is 208 Å². The van der Waals surface area contributed by atoms with E-state index >= 15 is 0 Å². The number of hydrogen-bond acceptors (Lipinski definition) is 13. The van der Waals surface area contributed by atoms with Crippen LogP contribution in [-0.2, 0) is 48.2 Å². The van der Waals surface area contributed by atoms with Gasteiger partial charge in [0.25, 0.3) is 20.8 Å². The van der Waals surface area contributed by atoms with Gasteiger partial charge in [-0.25, -0.2) is 21.6 Å². The van der Waals surface area contributed by atoms with E-state index in [2.05, 4.69) is 28.5 Å². The minimum absolute atomic E-state index is 0.0778. The van der Waals surface area contributed by atoms with Crippen LogP contribution in [-0.4, -0.2) is 47.6 Å². The van der Waals surface area contributed by atoms with Crippen LogP contribution >= 0.6 is 0 Å². The van der Waals surface area contributed by atoms with Crippen LogP contribution in [0.25, 0.3) is 16.6 Å². The zero-order chi connectivity index (χ0) is 30.0. The fourth-order valence-electron chi connectivity index (χ4n) is 3.97. The second-order valence-corrected chi connectivity index (χ2v) is 10.8. The Morgan fingerprint density at radius 1 is 0.810 bits per heavy atom. The molecule has 1 fully saturated rings. The van der Waals surface area contributed by atoms with Gasteiger partial charge >= 0.3 is 5.97 Å². The molecular weight excluding hydrogens is 594 g/mol. The molecule has 1 saturated heterocycles. The highest BCUT2D eigenvalue weighted by atomic mass is 32.3. The Morgan fingerprint density at radius 3 is 1.93 bits per heavy atom. The lowest BCUT2D eigenvalue weighted by atomic mass is 10.0. The van der Waals surface area contributed by atoms with Crippen LogP contribution in [0.1, 0.15) is 16.8 Å². The monoisotopic (exact) mass is 612 g/mol. The third-order valence-electron chi connectivity index (χ3n) is 5.81. The van der Waals surface area contributed by atoms with Crippen LogP contribution in [0.2, 0.25) is 0 Å². The van der Waals surface area contributed by atoms with Crippen molar-refractivity contribution in [1.82, 2.24) is 9.97 Å². The van der Waals surface area contributed by atoms with Gasteiger partial charge in [-0.3, -0.25) is 9.87 Å². The Bertz CT molecular complexity index is 1820. The first-order valence-electron chi connectivity index (χ1n) is 11.9. The quantitative estimate of drug-likeness (QED) is 0.136. The normalized spacial score (nSPS) is 16.7. The maximum atomic E-state index is 12.6. The molecule has 1 aromatic heterocycles. The predicted octanol–water partition coefficient (Wildman–Crippen LogP) is 2.85. The minimum Gasteiger partial charge on any atom is -0.716 e. The van der Waals surface area contributed by atoms with Gasteiger partial charge in [0.15, 0.2) is 0 Å². The molecule has 0 saturated carbocycles. The molecule has 1 aliphatic rings. The number of carbonyl (C=O) groups is 1. The van der Waals surface area contributed by atoms with Crippen molar-refractivity contribution in [2.45, 2.75) is 18.6 Å². The fourth-order valence-corrected chi connectivity index (χ4v) is 4.66. The summed E-state index contributed by atoms with van der Waals surface area (Å²) in [5.74, 6) is -1.10. The first-order valence-corrected chi connectivity index (χ1v) is 14.6. The molecule has 14 nitrogen and oxygen atoms in total. The van der Waals surface area contributed by atoms with E-state index in [1.807, 2.05) is 30.3 Å². The molecule has 0 bridgehead atoms. The first kappa shape index (κ1) is 28.9. The summed E-state index contributed by atoms with van der Waals surface area (Å²) >= 11 is 0. The lowest BCUT2D eigenvalue weighted by molar-refractivity contribution is -0.389. The summed E-state index contributed by atoms with van der Waals surface area (Å²) in [5.41, 5.74) is 0.787. The summed E-state index contributed by atoms with van der Waals surface area (Å²) < 4.78 is 73.7. The van der Waals surface area contributed by atoms with E-state index in [9.17, 15) is 30.7 Å². The summed E-state index contributed by atoms with van der Waals surface area (Å²) in [6.07, 6.45) is 1.52. The Morgan fingerprint density at radius 2 is 1.40 bits per heavy atom. The highest BCUT2D eigenvalue weighted by Crippen LogP contribution is 2.41. The average Bonchev–Trinajstić information content (AvgIpc) is 2.93. The number of benzene rings is 3. The molecule has 1 unspecified atom stereocenters. The van der Waals surface area contributed by atoms with Gasteiger partial charge in [0, 0.05) is 24.1 Å². The summed E-state index contributed by atoms with van der Waals surface area (Å²) in [6, 6.07) is 20.1. The van der Waals surface area contributed by atoms with Gasteiger partial charge in [0.05, 0.1) is 5.69 Å². The Balaban J connectivity index is 1.44. The van der Waals surface area contributed by atoms with Gasteiger partial charge < -0.3 is 27.8 Å². The van der Waals surface area contributed by atoms with E-state index in [4.69, 9.17) is 4.89 Å². The largest absolute Gasteiger partial charge is 0.716 e. The van der Waals surface area contributed by atoms with Crippen molar-refractivity contribution in [3.05, 3.63) is 107 Å². The maximum absolute atomic E-state index is 12.6. The van der Waals surface area contributed by atoms with Crippen LogP contribution in [0.3, 0.4) is 0 Å². The van der Waals surface area contributed by atoms with Crippen molar-refractivity contribution < 1.29 is 48.9 Å². The lowest BCUT2D eigenvalue weighted by Crippen LogP contribution is -2.53. The summed E-state index contributed by atoms with van der Waals surface area (Å²) in [7, 11) is -9.89. The number of aromatic nitrogens is 2. The van der Waals surface area contributed by atoms with E-state index < -0.39 is 32.5 Å². The number of carbonyl (C=O) groups excluding carboxylic acids is 1. The molecule has 218 valence electrons.